The second kappa shape index (κ2) is 8.15. The van der Waals surface area contributed by atoms with Crippen molar-refractivity contribution >= 4 is 33.5 Å². The van der Waals surface area contributed by atoms with E-state index in [-0.39, 0.29) is 4.90 Å². The summed E-state index contributed by atoms with van der Waals surface area (Å²) in [6.07, 6.45) is 1.37. The van der Waals surface area contributed by atoms with Crippen molar-refractivity contribution in [3.8, 4) is 5.75 Å². The molecule has 0 radical (unpaired) electrons. The van der Waals surface area contributed by atoms with Gasteiger partial charge in [0.25, 0.3) is 10.0 Å². The molecule has 0 saturated carbocycles. The molecule has 0 amide bonds. The fourth-order valence-corrected chi connectivity index (χ4v) is 3.50. The van der Waals surface area contributed by atoms with Gasteiger partial charge in [-0.3, -0.25) is 0 Å². The molecule has 0 fully saturated rings. The Kier molecular flexibility index (Phi) is 5.68. The van der Waals surface area contributed by atoms with Gasteiger partial charge in [-0.1, -0.05) is 23.8 Å². The summed E-state index contributed by atoms with van der Waals surface area (Å²) < 4.78 is 29.5. The van der Waals surface area contributed by atoms with Crippen LogP contribution in [-0.2, 0) is 10.0 Å². The van der Waals surface area contributed by atoms with Crippen LogP contribution in [0.25, 0.3) is 0 Å². The molecule has 1 N–H and O–H groups in total. The normalized spacial score (nSPS) is 11.4. The van der Waals surface area contributed by atoms with Gasteiger partial charge in [0.1, 0.15) is 10.6 Å². The highest BCUT2D eigenvalue weighted by Gasteiger charge is 2.12. The topological polar surface area (TPSA) is 84.8 Å². The number of rotatable bonds is 6. The highest BCUT2D eigenvalue weighted by Crippen LogP contribution is 2.16. The molecule has 1 heterocycles. The number of hydrogen-bond acceptors (Lipinski definition) is 6. The standard InChI is InChI=1S/C19H16N2O4S2/c1-14-4-10-17(11-5-14)27(23,24)21-20-13-15-6-8-16(9-7-15)25-19(22)18-3-2-12-26-18/h2-13,21H,1H3. The Labute approximate surface area is 161 Å². The van der Waals surface area contributed by atoms with Crippen LogP contribution < -0.4 is 9.57 Å². The molecule has 0 bridgehead atoms. The first-order valence-corrected chi connectivity index (χ1v) is 10.3. The minimum atomic E-state index is -3.71. The Morgan fingerprint density at radius 3 is 2.41 bits per heavy atom. The van der Waals surface area contributed by atoms with Crippen LogP contribution >= 0.6 is 11.3 Å². The van der Waals surface area contributed by atoms with Crippen molar-refractivity contribution < 1.29 is 17.9 Å². The third-order valence-electron chi connectivity index (χ3n) is 3.53. The van der Waals surface area contributed by atoms with Gasteiger partial charge in [-0.25, -0.2) is 9.63 Å². The van der Waals surface area contributed by atoms with Gasteiger partial charge in [-0.15, -0.1) is 11.3 Å². The van der Waals surface area contributed by atoms with Gasteiger partial charge < -0.3 is 4.74 Å². The lowest BCUT2D eigenvalue weighted by atomic mass is 10.2. The van der Waals surface area contributed by atoms with Gasteiger partial charge in [0.15, 0.2) is 0 Å². The minimum Gasteiger partial charge on any atom is -0.422 e. The van der Waals surface area contributed by atoms with Crippen molar-refractivity contribution in [2.45, 2.75) is 11.8 Å². The Morgan fingerprint density at radius 2 is 1.78 bits per heavy atom. The van der Waals surface area contributed by atoms with E-state index in [9.17, 15) is 13.2 Å². The third kappa shape index (κ3) is 5.02. The SMILES string of the molecule is Cc1ccc(S(=O)(=O)NN=Cc2ccc(OC(=O)c3cccs3)cc2)cc1. The molecular weight excluding hydrogens is 384 g/mol. The van der Waals surface area contributed by atoms with Gasteiger partial charge in [-0.05, 0) is 60.3 Å². The largest absolute Gasteiger partial charge is 0.422 e. The number of carbonyl (C=O) groups is 1. The quantitative estimate of drug-likeness (QED) is 0.297. The van der Waals surface area contributed by atoms with Crippen LogP contribution in [0.5, 0.6) is 5.75 Å². The maximum atomic E-state index is 12.1. The van der Waals surface area contributed by atoms with Gasteiger partial charge in [0.05, 0.1) is 11.1 Å². The van der Waals surface area contributed by atoms with Crippen molar-refractivity contribution in [2.75, 3.05) is 0 Å². The van der Waals surface area contributed by atoms with Crippen molar-refractivity contribution in [1.29, 1.82) is 0 Å². The van der Waals surface area contributed by atoms with Crippen LogP contribution in [0, 0.1) is 6.92 Å². The Bertz CT molecular complexity index is 1040. The molecule has 2 aromatic carbocycles. The lowest BCUT2D eigenvalue weighted by Gasteiger charge is -2.04. The van der Waals surface area contributed by atoms with Crippen molar-refractivity contribution in [3.05, 3.63) is 82.0 Å². The van der Waals surface area contributed by atoms with Crippen molar-refractivity contribution in [1.82, 2.24) is 4.83 Å². The third-order valence-corrected chi connectivity index (χ3v) is 5.62. The molecule has 0 spiro atoms. The minimum absolute atomic E-state index is 0.140. The zero-order chi connectivity index (χ0) is 19.3. The first-order chi connectivity index (χ1) is 12.9. The average molecular weight is 400 g/mol. The zero-order valence-electron chi connectivity index (χ0n) is 14.3. The fourth-order valence-electron chi connectivity index (χ4n) is 2.11. The number of sulfonamides is 1. The summed E-state index contributed by atoms with van der Waals surface area (Å²) >= 11 is 1.30. The smallest absolute Gasteiger partial charge is 0.353 e. The molecular formula is C19H16N2O4S2. The van der Waals surface area contributed by atoms with Gasteiger partial charge in [0, 0.05) is 0 Å². The summed E-state index contributed by atoms with van der Waals surface area (Å²) in [5.41, 5.74) is 1.62. The van der Waals surface area contributed by atoms with E-state index in [2.05, 4.69) is 9.93 Å². The molecule has 3 aromatic rings. The molecule has 1 aromatic heterocycles. The van der Waals surface area contributed by atoms with Gasteiger partial charge in [-0.2, -0.15) is 13.5 Å². The molecule has 0 aliphatic heterocycles. The molecule has 27 heavy (non-hydrogen) atoms. The Morgan fingerprint density at radius 1 is 1.07 bits per heavy atom. The second-order valence-electron chi connectivity index (χ2n) is 5.60. The summed E-state index contributed by atoms with van der Waals surface area (Å²) in [6.45, 7) is 1.88. The highest BCUT2D eigenvalue weighted by atomic mass is 32.2. The van der Waals surface area contributed by atoms with E-state index in [1.54, 1.807) is 53.9 Å². The summed E-state index contributed by atoms with van der Waals surface area (Å²) in [5, 5.41) is 5.57. The molecule has 0 unspecified atom stereocenters. The number of hydrazone groups is 1. The lowest BCUT2D eigenvalue weighted by molar-refractivity contribution is 0.0740. The molecule has 0 atom stereocenters. The van der Waals surface area contributed by atoms with Gasteiger partial charge in [0.2, 0.25) is 0 Å². The number of benzene rings is 2. The van der Waals surface area contributed by atoms with E-state index in [4.69, 9.17) is 4.74 Å². The number of thiophene rings is 1. The summed E-state index contributed by atoms with van der Waals surface area (Å²) in [5.74, 6) is -0.0249. The number of hydrogen-bond donors (Lipinski definition) is 1. The second-order valence-corrected chi connectivity index (χ2v) is 8.21. The molecule has 0 saturated heterocycles. The van der Waals surface area contributed by atoms with E-state index >= 15 is 0 Å². The fraction of sp³-hybridized carbons (Fsp3) is 0.0526. The van der Waals surface area contributed by atoms with Crippen LogP contribution in [0.4, 0.5) is 0 Å². The number of ether oxygens (including phenoxy) is 1. The highest BCUT2D eigenvalue weighted by molar-refractivity contribution is 7.89. The zero-order valence-corrected chi connectivity index (χ0v) is 16.0. The average Bonchev–Trinajstić information content (AvgIpc) is 3.18. The lowest BCUT2D eigenvalue weighted by Crippen LogP contribution is -2.18. The number of carbonyl (C=O) groups excluding carboxylic acids is 1. The van der Waals surface area contributed by atoms with Crippen LogP contribution in [0.15, 0.2) is 76.0 Å². The summed E-state index contributed by atoms with van der Waals surface area (Å²) in [7, 11) is -3.71. The predicted octanol–water partition coefficient (Wildman–Crippen LogP) is 3.59. The first-order valence-electron chi connectivity index (χ1n) is 7.91. The van der Waals surface area contributed by atoms with Crippen LogP contribution in [0.1, 0.15) is 20.8 Å². The molecule has 6 nitrogen and oxygen atoms in total. The van der Waals surface area contributed by atoms with Crippen molar-refractivity contribution in [3.63, 3.8) is 0 Å². The maximum absolute atomic E-state index is 12.1. The van der Waals surface area contributed by atoms with E-state index in [1.807, 2.05) is 6.92 Å². The summed E-state index contributed by atoms with van der Waals surface area (Å²) in [6, 6.07) is 16.5. The molecule has 0 aliphatic carbocycles. The van der Waals surface area contributed by atoms with E-state index in [0.717, 1.165) is 5.56 Å². The monoisotopic (exact) mass is 400 g/mol. The summed E-state index contributed by atoms with van der Waals surface area (Å²) in [4.78, 5) is 14.7. The number of aryl methyl sites for hydroxylation is 1. The van der Waals surface area contributed by atoms with E-state index in [0.29, 0.717) is 16.2 Å². The molecule has 0 aliphatic rings. The van der Waals surface area contributed by atoms with E-state index < -0.39 is 16.0 Å². The number of esters is 1. The van der Waals surface area contributed by atoms with Crippen LogP contribution in [0.3, 0.4) is 0 Å². The van der Waals surface area contributed by atoms with Gasteiger partial charge >= 0.3 is 5.97 Å². The van der Waals surface area contributed by atoms with Crippen molar-refractivity contribution in [2.24, 2.45) is 5.10 Å². The Hall–Kier alpha value is -2.97. The molecule has 3 rings (SSSR count). The number of nitrogens with zero attached hydrogens (tertiary/aromatic N) is 1. The van der Waals surface area contributed by atoms with Crippen LogP contribution in [0.2, 0.25) is 0 Å². The Balaban J connectivity index is 1.60. The molecule has 138 valence electrons. The van der Waals surface area contributed by atoms with E-state index in [1.165, 1.54) is 29.7 Å². The molecule has 8 heteroatoms. The van der Waals surface area contributed by atoms with Crippen LogP contribution in [-0.4, -0.2) is 20.6 Å². The maximum Gasteiger partial charge on any atom is 0.353 e. The number of nitrogens with one attached hydrogen (secondary N) is 1. The first kappa shape index (κ1) is 18.8. The predicted molar refractivity (Wildman–Crippen MR) is 105 cm³/mol.